The largest absolute Gasteiger partial charge is 0.390 e. The van der Waals surface area contributed by atoms with Crippen LogP contribution in [-0.4, -0.2) is 47.7 Å². The number of hydrogen-bond acceptors (Lipinski definition) is 3. The predicted octanol–water partition coefficient (Wildman–Crippen LogP) is 2.97. The van der Waals surface area contributed by atoms with Crippen molar-refractivity contribution in [3.05, 3.63) is 12.7 Å². The fraction of sp³-hybridized carbons (Fsp3) is 0.842. The van der Waals surface area contributed by atoms with Gasteiger partial charge in [-0.15, -0.1) is 6.58 Å². The lowest BCUT2D eigenvalue weighted by Gasteiger charge is -2.30. The van der Waals surface area contributed by atoms with Crippen molar-refractivity contribution in [2.45, 2.75) is 70.9 Å². The summed E-state index contributed by atoms with van der Waals surface area (Å²) in [4.78, 5) is 14.7. The minimum Gasteiger partial charge on any atom is -0.390 e. The number of rotatable bonds is 2. The Hall–Kier alpha value is -0.870. The van der Waals surface area contributed by atoms with E-state index >= 15 is 0 Å². The molecule has 1 fully saturated rings. The average Bonchev–Trinajstić information content (AvgIpc) is 2.42. The Bertz CT molecular complexity index is 382. The van der Waals surface area contributed by atoms with Gasteiger partial charge in [0.05, 0.1) is 5.60 Å². The minimum atomic E-state index is -0.633. The molecule has 1 amide bonds. The summed E-state index contributed by atoms with van der Waals surface area (Å²) in [6, 6.07) is 0.172. The van der Waals surface area contributed by atoms with E-state index in [0.717, 1.165) is 51.6 Å². The summed E-state index contributed by atoms with van der Waals surface area (Å²) >= 11 is 0. The van der Waals surface area contributed by atoms with Gasteiger partial charge in [0.15, 0.2) is 0 Å². The summed E-state index contributed by atoms with van der Waals surface area (Å²) in [5, 5.41) is 13.8. The molecule has 2 N–H and O–H groups in total. The van der Waals surface area contributed by atoms with Crippen molar-refractivity contribution < 1.29 is 9.90 Å². The maximum atomic E-state index is 12.4. The van der Waals surface area contributed by atoms with E-state index in [9.17, 15) is 9.90 Å². The van der Waals surface area contributed by atoms with E-state index < -0.39 is 5.60 Å². The summed E-state index contributed by atoms with van der Waals surface area (Å²) in [7, 11) is 2.11. The van der Waals surface area contributed by atoms with E-state index in [1.54, 1.807) is 0 Å². The normalized spacial score (nSPS) is 36.0. The molecule has 0 saturated carbocycles. The second kappa shape index (κ2) is 9.43. The van der Waals surface area contributed by atoms with Crippen molar-refractivity contribution in [3.8, 4) is 0 Å². The zero-order chi connectivity index (χ0) is 17.5. The lowest BCUT2D eigenvalue weighted by Crippen LogP contribution is -2.41. The number of carbonyl (C=O) groups excluding carboxylic acids is 1. The van der Waals surface area contributed by atoms with Crippen molar-refractivity contribution in [1.82, 2.24) is 10.2 Å². The van der Waals surface area contributed by atoms with Crippen LogP contribution in [0.3, 0.4) is 0 Å². The van der Waals surface area contributed by atoms with Gasteiger partial charge in [-0.1, -0.05) is 19.9 Å². The summed E-state index contributed by atoms with van der Waals surface area (Å²) in [5.74, 6) is 0.445. The molecule has 0 bridgehead atoms. The molecule has 0 aromatic carbocycles. The van der Waals surface area contributed by atoms with Crippen LogP contribution in [0.2, 0.25) is 0 Å². The molecule has 0 radical (unpaired) electrons. The first kappa shape index (κ1) is 20.2. The molecule has 0 aliphatic carbocycles. The van der Waals surface area contributed by atoms with E-state index in [4.69, 9.17) is 0 Å². The van der Waals surface area contributed by atoms with Crippen LogP contribution in [0.5, 0.6) is 0 Å². The van der Waals surface area contributed by atoms with Gasteiger partial charge in [0.2, 0.25) is 5.91 Å². The van der Waals surface area contributed by atoms with Gasteiger partial charge in [-0.2, -0.15) is 0 Å². The lowest BCUT2D eigenvalue weighted by atomic mass is 9.84. The highest BCUT2D eigenvalue weighted by Crippen LogP contribution is 2.26. The van der Waals surface area contributed by atoms with Gasteiger partial charge < -0.3 is 15.3 Å². The molecule has 4 atom stereocenters. The molecule has 134 valence electrons. The SMILES string of the molecule is C=CCC1CCN(C)CCC[C@@](C)(O)C[C@@H](C)C[C@@H](C)C(=O)N1. The molecule has 1 rings (SSSR count). The van der Waals surface area contributed by atoms with Gasteiger partial charge in [-0.05, 0) is 71.5 Å². The van der Waals surface area contributed by atoms with Crippen LogP contribution in [0, 0.1) is 11.8 Å². The highest BCUT2D eigenvalue weighted by Gasteiger charge is 2.26. The second-order valence-electron chi connectivity index (χ2n) is 7.87. The zero-order valence-electron chi connectivity index (χ0n) is 15.5. The van der Waals surface area contributed by atoms with Gasteiger partial charge in [0.25, 0.3) is 0 Å². The molecular formula is C19H36N2O2. The third-order valence-electron chi connectivity index (χ3n) is 4.90. The Morgan fingerprint density at radius 3 is 2.78 bits per heavy atom. The van der Waals surface area contributed by atoms with Gasteiger partial charge in [-0.3, -0.25) is 4.79 Å². The van der Waals surface area contributed by atoms with Gasteiger partial charge in [-0.25, -0.2) is 0 Å². The van der Waals surface area contributed by atoms with Crippen LogP contribution in [0.1, 0.15) is 59.3 Å². The van der Waals surface area contributed by atoms with Crippen LogP contribution >= 0.6 is 0 Å². The summed E-state index contributed by atoms with van der Waals surface area (Å²) in [5.41, 5.74) is -0.633. The van der Waals surface area contributed by atoms with Crippen molar-refractivity contribution in [2.75, 3.05) is 20.1 Å². The summed E-state index contributed by atoms with van der Waals surface area (Å²) in [6.45, 7) is 11.8. The number of hydrogen-bond donors (Lipinski definition) is 2. The van der Waals surface area contributed by atoms with E-state index in [-0.39, 0.29) is 17.9 Å². The third-order valence-corrected chi connectivity index (χ3v) is 4.90. The average molecular weight is 325 g/mol. The zero-order valence-corrected chi connectivity index (χ0v) is 15.5. The van der Waals surface area contributed by atoms with Gasteiger partial charge >= 0.3 is 0 Å². The second-order valence-corrected chi connectivity index (χ2v) is 7.87. The van der Waals surface area contributed by atoms with Crippen LogP contribution in [-0.2, 0) is 4.79 Å². The van der Waals surface area contributed by atoms with Gasteiger partial charge in [0.1, 0.15) is 0 Å². The first-order valence-electron chi connectivity index (χ1n) is 9.05. The molecule has 4 heteroatoms. The van der Waals surface area contributed by atoms with Crippen molar-refractivity contribution in [2.24, 2.45) is 11.8 Å². The standard InChI is InChI=1S/C19H36N2O2/c1-6-8-17-9-12-21(5)11-7-10-19(4,23)14-15(2)13-16(3)18(22)20-17/h6,15-17,23H,1,7-14H2,2-5H3,(H,20,22)/t15-,16+,17?,19+/m0/s1. The fourth-order valence-corrected chi connectivity index (χ4v) is 3.66. The van der Waals surface area contributed by atoms with E-state index in [1.165, 1.54) is 0 Å². The Labute approximate surface area is 142 Å². The number of nitrogens with zero attached hydrogens (tertiary/aromatic N) is 1. The number of carbonyl (C=O) groups is 1. The number of aliphatic hydroxyl groups is 1. The highest BCUT2D eigenvalue weighted by molar-refractivity contribution is 5.78. The van der Waals surface area contributed by atoms with E-state index in [0.29, 0.717) is 5.92 Å². The molecule has 0 aromatic heterocycles. The first-order valence-corrected chi connectivity index (χ1v) is 9.05. The molecule has 1 heterocycles. The topological polar surface area (TPSA) is 52.6 Å². The Morgan fingerprint density at radius 1 is 1.43 bits per heavy atom. The number of amides is 1. The summed E-state index contributed by atoms with van der Waals surface area (Å²) < 4.78 is 0. The van der Waals surface area contributed by atoms with Gasteiger partial charge in [0, 0.05) is 12.0 Å². The molecular weight excluding hydrogens is 288 g/mol. The van der Waals surface area contributed by atoms with Crippen LogP contribution in [0.15, 0.2) is 12.7 Å². The van der Waals surface area contributed by atoms with Crippen LogP contribution < -0.4 is 5.32 Å². The predicted molar refractivity (Wildman–Crippen MR) is 96.3 cm³/mol. The molecule has 4 nitrogen and oxygen atoms in total. The molecule has 1 aliphatic heterocycles. The Balaban J connectivity index is 2.77. The minimum absolute atomic E-state index is 0.0196. The van der Waals surface area contributed by atoms with Crippen LogP contribution in [0.25, 0.3) is 0 Å². The quantitative estimate of drug-likeness (QED) is 0.768. The van der Waals surface area contributed by atoms with Crippen molar-refractivity contribution >= 4 is 5.91 Å². The maximum Gasteiger partial charge on any atom is 0.223 e. The first-order chi connectivity index (χ1) is 10.7. The molecule has 1 unspecified atom stereocenters. The Kier molecular flexibility index (Phi) is 8.27. The van der Waals surface area contributed by atoms with Crippen molar-refractivity contribution in [3.63, 3.8) is 0 Å². The third kappa shape index (κ3) is 7.98. The number of nitrogens with one attached hydrogen (secondary N) is 1. The molecule has 1 saturated heterocycles. The smallest absolute Gasteiger partial charge is 0.223 e. The van der Waals surface area contributed by atoms with E-state index in [1.807, 2.05) is 19.9 Å². The monoisotopic (exact) mass is 324 g/mol. The maximum absolute atomic E-state index is 12.4. The van der Waals surface area contributed by atoms with Crippen molar-refractivity contribution in [1.29, 1.82) is 0 Å². The Morgan fingerprint density at radius 2 is 2.13 bits per heavy atom. The van der Waals surface area contributed by atoms with Crippen LogP contribution in [0.4, 0.5) is 0 Å². The summed E-state index contributed by atoms with van der Waals surface area (Å²) in [6.07, 6.45) is 7.04. The fourth-order valence-electron chi connectivity index (χ4n) is 3.66. The molecule has 0 aromatic rings. The molecule has 23 heavy (non-hydrogen) atoms. The molecule has 1 aliphatic rings. The lowest BCUT2D eigenvalue weighted by molar-refractivity contribution is -0.126. The molecule has 0 spiro atoms. The van der Waals surface area contributed by atoms with E-state index in [2.05, 4.69) is 30.8 Å². The highest BCUT2D eigenvalue weighted by atomic mass is 16.3.